The number of nitrogens with one attached hydrogen (secondary N) is 1. The molecule has 0 bridgehead atoms. The van der Waals surface area contributed by atoms with Crippen LogP contribution in [0.2, 0.25) is 0 Å². The van der Waals surface area contributed by atoms with Crippen LogP contribution >= 0.6 is 15.9 Å². The van der Waals surface area contributed by atoms with E-state index < -0.39 is 0 Å². The molecule has 1 aromatic carbocycles. The first-order valence-electron chi connectivity index (χ1n) is 5.25. The highest BCUT2D eigenvalue weighted by molar-refractivity contribution is 9.10. The topological polar surface area (TPSA) is 37.8 Å². The van der Waals surface area contributed by atoms with Crippen molar-refractivity contribution >= 4 is 27.0 Å². The molecule has 0 spiro atoms. The van der Waals surface area contributed by atoms with Crippen molar-refractivity contribution in [2.75, 3.05) is 0 Å². The molecule has 1 N–H and O–H groups in total. The summed E-state index contributed by atoms with van der Waals surface area (Å²) in [6.45, 7) is 7.07. The number of imidazole rings is 1. The van der Waals surface area contributed by atoms with Crippen molar-refractivity contribution < 1.29 is 0 Å². The number of aromatic amines is 1. The van der Waals surface area contributed by atoms with Crippen LogP contribution in [0.1, 0.15) is 20.8 Å². The second-order valence-corrected chi connectivity index (χ2v) is 6.15. The second kappa shape index (κ2) is 3.77. The van der Waals surface area contributed by atoms with Gasteiger partial charge in [0.1, 0.15) is 0 Å². The summed E-state index contributed by atoms with van der Waals surface area (Å²) in [6, 6.07) is 5.82. The van der Waals surface area contributed by atoms with E-state index in [9.17, 15) is 4.79 Å². The largest absolute Gasteiger partial charge is 0.326 e. The number of hydrogen-bond acceptors (Lipinski definition) is 1. The van der Waals surface area contributed by atoms with Crippen LogP contribution in [0.5, 0.6) is 0 Å². The summed E-state index contributed by atoms with van der Waals surface area (Å²) in [5, 5.41) is 0. The first-order chi connectivity index (χ1) is 7.37. The van der Waals surface area contributed by atoms with Crippen LogP contribution in [0.4, 0.5) is 0 Å². The van der Waals surface area contributed by atoms with Crippen LogP contribution in [0.25, 0.3) is 11.0 Å². The second-order valence-electron chi connectivity index (χ2n) is 5.24. The van der Waals surface area contributed by atoms with E-state index in [0.717, 1.165) is 15.5 Å². The number of halogens is 1. The summed E-state index contributed by atoms with van der Waals surface area (Å²) in [7, 11) is 0. The van der Waals surface area contributed by atoms with E-state index >= 15 is 0 Å². The monoisotopic (exact) mass is 282 g/mol. The molecule has 2 aromatic rings. The Morgan fingerprint density at radius 1 is 1.38 bits per heavy atom. The third-order valence-corrected chi connectivity index (χ3v) is 2.86. The van der Waals surface area contributed by atoms with Crippen LogP contribution in [-0.2, 0) is 6.54 Å². The zero-order valence-electron chi connectivity index (χ0n) is 9.67. The number of rotatable bonds is 1. The number of benzene rings is 1. The average molecular weight is 283 g/mol. The van der Waals surface area contributed by atoms with Crippen LogP contribution < -0.4 is 5.69 Å². The Kier molecular flexibility index (Phi) is 2.70. The van der Waals surface area contributed by atoms with Gasteiger partial charge in [0, 0.05) is 11.0 Å². The van der Waals surface area contributed by atoms with Crippen molar-refractivity contribution in [2.24, 2.45) is 5.41 Å². The fourth-order valence-corrected chi connectivity index (χ4v) is 2.11. The molecule has 86 valence electrons. The Morgan fingerprint density at radius 3 is 2.69 bits per heavy atom. The van der Waals surface area contributed by atoms with Crippen molar-refractivity contribution in [2.45, 2.75) is 27.3 Å². The van der Waals surface area contributed by atoms with E-state index in [1.807, 2.05) is 18.2 Å². The van der Waals surface area contributed by atoms with Crippen LogP contribution in [0.15, 0.2) is 27.5 Å². The lowest BCUT2D eigenvalue weighted by molar-refractivity contribution is 0.344. The molecule has 0 aliphatic carbocycles. The molecule has 1 aromatic heterocycles. The Bertz CT molecular complexity index is 575. The summed E-state index contributed by atoms with van der Waals surface area (Å²) in [4.78, 5) is 14.7. The molecule has 4 heteroatoms. The van der Waals surface area contributed by atoms with Gasteiger partial charge < -0.3 is 4.98 Å². The Balaban J connectivity index is 2.63. The predicted octanol–water partition coefficient (Wildman–Crippen LogP) is 3.14. The lowest BCUT2D eigenvalue weighted by Crippen LogP contribution is -2.24. The SMILES string of the molecule is CC(C)(C)Cn1c(=O)[nH]c2ccc(Br)cc21. The highest BCUT2D eigenvalue weighted by atomic mass is 79.9. The van der Waals surface area contributed by atoms with E-state index in [0.29, 0.717) is 6.54 Å². The molecule has 16 heavy (non-hydrogen) atoms. The number of hydrogen-bond donors (Lipinski definition) is 1. The molecule has 1 heterocycles. The predicted molar refractivity (Wildman–Crippen MR) is 69.7 cm³/mol. The third-order valence-electron chi connectivity index (χ3n) is 2.37. The van der Waals surface area contributed by atoms with Crippen LogP contribution in [0.3, 0.4) is 0 Å². The number of nitrogens with zero attached hydrogens (tertiary/aromatic N) is 1. The minimum absolute atomic E-state index is 0.0389. The van der Waals surface area contributed by atoms with Crippen molar-refractivity contribution in [3.05, 3.63) is 33.2 Å². The summed E-state index contributed by atoms with van der Waals surface area (Å²) in [6.07, 6.45) is 0. The zero-order valence-corrected chi connectivity index (χ0v) is 11.3. The molecule has 3 nitrogen and oxygen atoms in total. The molecule has 0 amide bonds. The Labute approximate surface area is 103 Å². The van der Waals surface area contributed by atoms with E-state index in [4.69, 9.17) is 0 Å². The molecule has 0 saturated carbocycles. The number of fused-ring (bicyclic) bond motifs is 1. The van der Waals surface area contributed by atoms with Gasteiger partial charge >= 0.3 is 5.69 Å². The van der Waals surface area contributed by atoms with E-state index in [1.165, 1.54) is 0 Å². The molecule has 0 unspecified atom stereocenters. The number of H-pyrrole nitrogens is 1. The molecular weight excluding hydrogens is 268 g/mol. The van der Waals surface area contributed by atoms with E-state index in [2.05, 4.69) is 41.7 Å². The summed E-state index contributed by atoms with van der Waals surface area (Å²) < 4.78 is 2.78. The maximum absolute atomic E-state index is 11.8. The molecule has 2 rings (SSSR count). The van der Waals surface area contributed by atoms with Gasteiger partial charge in [-0.15, -0.1) is 0 Å². The van der Waals surface area contributed by atoms with E-state index in [-0.39, 0.29) is 11.1 Å². The summed E-state index contributed by atoms with van der Waals surface area (Å²) in [5.74, 6) is 0. The van der Waals surface area contributed by atoms with Crippen molar-refractivity contribution in [3.8, 4) is 0 Å². The Hall–Kier alpha value is -1.03. The van der Waals surface area contributed by atoms with Crippen molar-refractivity contribution in [3.63, 3.8) is 0 Å². The third kappa shape index (κ3) is 2.21. The van der Waals surface area contributed by atoms with Crippen LogP contribution in [-0.4, -0.2) is 9.55 Å². The quantitative estimate of drug-likeness (QED) is 0.857. The first kappa shape index (κ1) is 11.5. The molecule has 0 saturated heterocycles. The fraction of sp³-hybridized carbons (Fsp3) is 0.417. The standard InChI is InChI=1S/C12H15BrN2O/c1-12(2,3)7-15-10-6-8(13)4-5-9(10)14-11(15)16/h4-6H,7H2,1-3H3,(H,14,16). The number of aromatic nitrogens is 2. The molecule has 0 fully saturated rings. The van der Waals surface area contributed by atoms with Gasteiger partial charge in [-0.05, 0) is 23.6 Å². The summed E-state index contributed by atoms with van der Waals surface area (Å²) >= 11 is 3.43. The minimum Gasteiger partial charge on any atom is -0.306 e. The molecule has 0 aliphatic heterocycles. The fourth-order valence-electron chi connectivity index (χ4n) is 1.76. The zero-order chi connectivity index (χ0) is 11.9. The van der Waals surface area contributed by atoms with Gasteiger partial charge in [-0.2, -0.15) is 0 Å². The average Bonchev–Trinajstić information content (AvgIpc) is 2.42. The first-order valence-corrected chi connectivity index (χ1v) is 6.04. The normalized spacial score (nSPS) is 12.2. The van der Waals surface area contributed by atoms with Gasteiger partial charge in [0.2, 0.25) is 0 Å². The van der Waals surface area contributed by atoms with Gasteiger partial charge in [0.15, 0.2) is 0 Å². The molecular formula is C12H15BrN2O. The highest BCUT2D eigenvalue weighted by Gasteiger charge is 2.15. The molecule has 0 atom stereocenters. The van der Waals surface area contributed by atoms with Gasteiger partial charge in [-0.1, -0.05) is 36.7 Å². The lowest BCUT2D eigenvalue weighted by Gasteiger charge is -2.18. The van der Waals surface area contributed by atoms with Gasteiger partial charge in [-0.3, -0.25) is 4.57 Å². The highest BCUT2D eigenvalue weighted by Crippen LogP contribution is 2.21. The van der Waals surface area contributed by atoms with Crippen molar-refractivity contribution in [1.29, 1.82) is 0 Å². The Morgan fingerprint density at radius 2 is 2.06 bits per heavy atom. The maximum atomic E-state index is 11.8. The van der Waals surface area contributed by atoms with Gasteiger partial charge in [0.05, 0.1) is 11.0 Å². The minimum atomic E-state index is -0.0389. The van der Waals surface area contributed by atoms with Crippen LogP contribution in [0, 0.1) is 5.41 Å². The maximum Gasteiger partial charge on any atom is 0.326 e. The molecule has 0 radical (unpaired) electrons. The molecule has 0 aliphatic rings. The smallest absolute Gasteiger partial charge is 0.306 e. The van der Waals surface area contributed by atoms with E-state index in [1.54, 1.807) is 4.57 Å². The van der Waals surface area contributed by atoms with Gasteiger partial charge in [-0.25, -0.2) is 4.79 Å². The van der Waals surface area contributed by atoms with Crippen molar-refractivity contribution in [1.82, 2.24) is 9.55 Å². The summed E-state index contributed by atoms with van der Waals surface area (Å²) in [5.41, 5.74) is 1.89. The lowest BCUT2D eigenvalue weighted by atomic mass is 9.97. The van der Waals surface area contributed by atoms with Gasteiger partial charge in [0.25, 0.3) is 0 Å².